The van der Waals surface area contributed by atoms with E-state index in [0.29, 0.717) is 60.5 Å². The second-order valence-electron chi connectivity index (χ2n) is 10.8. The lowest BCUT2D eigenvalue weighted by Gasteiger charge is -2.41. The zero-order valence-electron chi connectivity index (χ0n) is 21.8. The van der Waals surface area contributed by atoms with E-state index in [1.165, 1.54) is 11.3 Å². The molecule has 0 aliphatic carbocycles. The highest BCUT2D eigenvalue weighted by Crippen LogP contribution is 2.35. The molecule has 0 bridgehead atoms. The van der Waals surface area contributed by atoms with Gasteiger partial charge in [0.25, 0.3) is 0 Å². The minimum Gasteiger partial charge on any atom is -0.444 e. The number of halogens is 2. The van der Waals surface area contributed by atoms with Gasteiger partial charge in [-0.25, -0.2) is 9.59 Å². The average Bonchev–Trinajstić information content (AvgIpc) is 3.30. The Balaban J connectivity index is 1.37. The van der Waals surface area contributed by atoms with Gasteiger partial charge in [0.2, 0.25) is 5.91 Å². The standard InChI is InChI=1S/C27H34Cl2N4O4S/c1-27(2,3)37-26(36)32-13-10-17(11-14-32)24(34)33-15-12-21(20(16-33)22-8-9-23(29)38-22)31-25(35)30-19-6-4-18(28)5-7-19/h4-9,17,20-21H,10-16H2,1-3H3,(H2,30,31,35). The van der Waals surface area contributed by atoms with Crippen molar-refractivity contribution in [3.05, 3.63) is 50.6 Å². The summed E-state index contributed by atoms with van der Waals surface area (Å²) in [6.07, 6.45) is 1.50. The molecule has 1 aromatic heterocycles. The maximum atomic E-state index is 13.5. The van der Waals surface area contributed by atoms with E-state index in [2.05, 4.69) is 10.6 Å². The van der Waals surface area contributed by atoms with Crippen molar-refractivity contribution in [2.45, 2.75) is 57.6 Å². The van der Waals surface area contributed by atoms with Crippen molar-refractivity contribution in [3.63, 3.8) is 0 Å². The van der Waals surface area contributed by atoms with E-state index in [1.807, 2.05) is 37.8 Å². The van der Waals surface area contributed by atoms with Gasteiger partial charge >= 0.3 is 12.1 Å². The van der Waals surface area contributed by atoms with Gasteiger partial charge in [-0.1, -0.05) is 23.2 Å². The number of hydrogen-bond donors (Lipinski definition) is 2. The summed E-state index contributed by atoms with van der Waals surface area (Å²) in [5.41, 5.74) is 0.0982. The second kappa shape index (κ2) is 12.1. The third-order valence-electron chi connectivity index (χ3n) is 6.80. The normalized spacial score (nSPS) is 20.7. The van der Waals surface area contributed by atoms with Gasteiger partial charge in [-0.2, -0.15) is 0 Å². The smallest absolute Gasteiger partial charge is 0.410 e. The number of nitrogens with one attached hydrogen (secondary N) is 2. The number of anilines is 1. The van der Waals surface area contributed by atoms with Crippen molar-refractivity contribution < 1.29 is 19.1 Å². The van der Waals surface area contributed by atoms with E-state index in [-0.39, 0.29) is 35.9 Å². The Morgan fingerprint density at radius 2 is 1.61 bits per heavy atom. The Hall–Kier alpha value is -2.49. The molecule has 2 saturated heterocycles. The van der Waals surface area contributed by atoms with Gasteiger partial charge in [0.05, 0.1) is 4.34 Å². The number of carbonyl (C=O) groups excluding carboxylic acids is 3. The number of hydrogen-bond acceptors (Lipinski definition) is 5. The Labute approximate surface area is 237 Å². The molecule has 1 aromatic carbocycles. The van der Waals surface area contributed by atoms with Crippen molar-refractivity contribution >= 4 is 58.3 Å². The number of benzene rings is 1. The summed E-state index contributed by atoms with van der Waals surface area (Å²) >= 11 is 13.6. The summed E-state index contributed by atoms with van der Waals surface area (Å²) in [7, 11) is 0. The van der Waals surface area contributed by atoms with Crippen molar-refractivity contribution in [3.8, 4) is 0 Å². The van der Waals surface area contributed by atoms with Crippen molar-refractivity contribution in [2.24, 2.45) is 5.92 Å². The van der Waals surface area contributed by atoms with Crippen LogP contribution in [0.1, 0.15) is 50.8 Å². The van der Waals surface area contributed by atoms with Crippen LogP contribution < -0.4 is 10.6 Å². The quantitative estimate of drug-likeness (QED) is 0.450. The predicted octanol–water partition coefficient (Wildman–Crippen LogP) is 6.21. The van der Waals surface area contributed by atoms with Gasteiger partial charge in [0.15, 0.2) is 0 Å². The van der Waals surface area contributed by atoms with E-state index in [4.69, 9.17) is 27.9 Å². The molecule has 206 valence electrons. The lowest BCUT2D eigenvalue weighted by Crippen LogP contribution is -2.53. The lowest BCUT2D eigenvalue weighted by molar-refractivity contribution is -0.138. The number of nitrogens with zero attached hydrogens (tertiary/aromatic N) is 2. The maximum absolute atomic E-state index is 13.5. The van der Waals surface area contributed by atoms with Gasteiger partial charge < -0.3 is 25.2 Å². The molecule has 8 nitrogen and oxygen atoms in total. The summed E-state index contributed by atoms with van der Waals surface area (Å²) in [4.78, 5) is 43.3. The monoisotopic (exact) mass is 580 g/mol. The van der Waals surface area contributed by atoms with Crippen LogP contribution >= 0.6 is 34.5 Å². The molecule has 2 aromatic rings. The van der Waals surface area contributed by atoms with Crippen LogP contribution in [0.4, 0.5) is 15.3 Å². The number of rotatable bonds is 4. The molecule has 2 atom stereocenters. The molecular formula is C27H34Cl2N4O4S. The van der Waals surface area contributed by atoms with Crippen LogP contribution in [0.25, 0.3) is 0 Å². The first-order valence-electron chi connectivity index (χ1n) is 12.8. The molecule has 4 amide bonds. The number of amides is 4. The molecule has 2 N–H and O–H groups in total. The van der Waals surface area contributed by atoms with Crippen LogP contribution in [0.3, 0.4) is 0 Å². The first kappa shape index (κ1) is 28.5. The van der Waals surface area contributed by atoms with Crippen LogP contribution in [0.15, 0.2) is 36.4 Å². The number of carbonyl (C=O) groups is 3. The molecule has 38 heavy (non-hydrogen) atoms. The van der Waals surface area contributed by atoms with Gasteiger partial charge in [-0.15, -0.1) is 11.3 Å². The van der Waals surface area contributed by atoms with E-state index in [0.717, 1.165) is 4.88 Å². The fourth-order valence-corrected chi connectivity index (χ4v) is 6.25. The van der Waals surface area contributed by atoms with E-state index in [1.54, 1.807) is 29.2 Å². The third kappa shape index (κ3) is 7.55. The second-order valence-corrected chi connectivity index (χ2v) is 13.0. The Morgan fingerprint density at radius 3 is 2.21 bits per heavy atom. The number of piperidine rings is 2. The Bertz CT molecular complexity index is 1140. The first-order chi connectivity index (χ1) is 18.0. The van der Waals surface area contributed by atoms with E-state index < -0.39 is 5.60 Å². The first-order valence-corrected chi connectivity index (χ1v) is 14.4. The molecule has 0 saturated carbocycles. The number of likely N-dealkylation sites (tertiary alicyclic amines) is 2. The zero-order valence-corrected chi connectivity index (χ0v) is 24.2. The molecule has 2 fully saturated rings. The zero-order chi connectivity index (χ0) is 27.4. The molecule has 0 radical (unpaired) electrons. The van der Waals surface area contributed by atoms with Crippen LogP contribution in [0.2, 0.25) is 9.36 Å². The highest BCUT2D eigenvalue weighted by molar-refractivity contribution is 7.16. The molecule has 4 rings (SSSR count). The summed E-state index contributed by atoms with van der Waals surface area (Å²) < 4.78 is 6.15. The fraction of sp³-hybridized carbons (Fsp3) is 0.519. The number of ether oxygens (including phenoxy) is 1. The SMILES string of the molecule is CC(C)(C)OC(=O)N1CCC(C(=O)N2CCC(NC(=O)Nc3ccc(Cl)cc3)C(c3ccc(Cl)s3)C2)CC1. The third-order valence-corrected chi connectivity index (χ3v) is 8.41. The number of urea groups is 1. The largest absolute Gasteiger partial charge is 0.444 e. The summed E-state index contributed by atoms with van der Waals surface area (Å²) in [6.45, 7) is 7.57. The van der Waals surface area contributed by atoms with Crippen molar-refractivity contribution in [1.82, 2.24) is 15.1 Å². The molecule has 3 heterocycles. The fourth-order valence-electron chi connectivity index (χ4n) is 4.90. The average molecular weight is 582 g/mol. The van der Waals surface area contributed by atoms with Gasteiger partial charge in [-0.3, -0.25) is 4.79 Å². The topological polar surface area (TPSA) is 91.0 Å². The van der Waals surface area contributed by atoms with Crippen molar-refractivity contribution in [1.29, 1.82) is 0 Å². The molecule has 2 unspecified atom stereocenters. The van der Waals surface area contributed by atoms with Gasteiger partial charge in [0.1, 0.15) is 5.60 Å². The van der Waals surface area contributed by atoms with Crippen LogP contribution in [-0.4, -0.2) is 65.7 Å². The van der Waals surface area contributed by atoms with Crippen LogP contribution in [-0.2, 0) is 9.53 Å². The van der Waals surface area contributed by atoms with Gasteiger partial charge in [0, 0.05) is 59.6 Å². The molecule has 2 aliphatic heterocycles. The van der Waals surface area contributed by atoms with Crippen LogP contribution in [0.5, 0.6) is 0 Å². The van der Waals surface area contributed by atoms with Crippen molar-refractivity contribution in [2.75, 3.05) is 31.5 Å². The lowest BCUT2D eigenvalue weighted by atomic mass is 9.88. The van der Waals surface area contributed by atoms with Crippen LogP contribution in [0, 0.1) is 5.92 Å². The molecular weight excluding hydrogens is 547 g/mol. The highest BCUT2D eigenvalue weighted by Gasteiger charge is 2.38. The minimum absolute atomic E-state index is 0.0805. The summed E-state index contributed by atoms with van der Waals surface area (Å²) in [5, 5.41) is 6.55. The Kier molecular flexibility index (Phi) is 9.11. The molecule has 2 aliphatic rings. The van der Waals surface area contributed by atoms with Gasteiger partial charge in [-0.05, 0) is 76.4 Å². The van der Waals surface area contributed by atoms with E-state index in [9.17, 15) is 14.4 Å². The molecule has 0 spiro atoms. The minimum atomic E-state index is -0.548. The highest BCUT2D eigenvalue weighted by atomic mass is 35.5. The molecule has 11 heteroatoms. The Morgan fingerprint density at radius 1 is 0.947 bits per heavy atom. The maximum Gasteiger partial charge on any atom is 0.410 e. The number of thiophene rings is 1. The summed E-state index contributed by atoms with van der Waals surface area (Å²) in [5.74, 6) is -0.118. The summed E-state index contributed by atoms with van der Waals surface area (Å²) in [6, 6.07) is 10.3. The van der Waals surface area contributed by atoms with E-state index >= 15 is 0 Å². The predicted molar refractivity (Wildman–Crippen MR) is 151 cm³/mol.